The Kier molecular flexibility index (Phi) is 2.60. The molecule has 4 heteroatoms. The van der Waals surface area contributed by atoms with Crippen molar-refractivity contribution in [3.8, 4) is 16.2 Å². The average molecular weight is 233 g/mol. The molecule has 0 saturated carbocycles. The van der Waals surface area contributed by atoms with Gasteiger partial charge in [0.1, 0.15) is 18.5 Å². The monoisotopic (exact) mass is 233 g/mol. The predicted molar refractivity (Wildman–Crippen MR) is 62.8 cm³/mol. The lowest BCUT2D eigenvalue weighted by Crippen LogP contribution is -2.04. The Morgan fingerprint density at radius 2 is 2.25 bits per heavy atom. The Morgan fingerprint density at radius 3 is 3.00 bits per heavy atom. The van der Waals surface area contributed by atoms with Crippen LogP contribution in [0.1, 0.15) is 0 Å². The summed E-state index contributed by atoms with van der Waals surface area (Å²) in [5.74, 6) is 0.905. The molecule has 1 aliphatic heterocycles. The number of aromatic nitrogens is 1. The highest BCUT2D eigenvalue weighted by Gasteiger charge is 2.23. The minimum Gasteiger partial charge on any atom is -0.490 e. The summed E-state index contributed by atoms with van der Waals surface area (Å²) in [5.41, 5.74) is 1.10. The molecule has 82 valence electrons. The van der Waals surface area contributed by atoms with Crippen molar-refractivity contribution < 1.29 is 9.47 Å². The van der Waals surface area contributed by atoms with Crippen LogP contribution < -0.4 is 4.74 Å². The van der Waals surface area contributed by atoms with Crippen LogP contribution in [0.5, 0.6) is 5.75 Å². The minimum atomic E-state index is 0.287. The normalized spacial score (nSPS) is 18.4. The van der Waals surface area contributed by atoms with Crippen molar-refractivity contribution in [1.29, 1.82) is 0 Å². The first-order valence-electron chi connectivity index (χ1n) is 5.18. The van der Waals surface area contributed by atoms with Gasteiger partial charge in [0.05, 0.1) is 11.5 Å². The van der Waals surface area contributed by atoms with Crippen LogP contribution in [0.25, 0.3) is 10.4 Å². The van der Waals surface area contributed by atoms with Crippen molar-refractivity contribution in [1.82, 2.24) is 4.37 Å². The van der Waals surface area contributed by atoms with E-state index in [1.807, 2.05) is 24.3 Å². The van der Waals surface area contributed by atoms with Crippen LogP contribution in [0, 0.1) is 0 Å². The van der Waals surface area contributed by atoms with Crippen LogP contribution in [0.4, 0.5) is 0 Å². The second kappa shape index (κ2) is 4.23. The van der Waals surface area contributed by atoms with E-state index in [-0.39, 0.29) is 6.10 Å². The molecule has 2 aromatic rings. The molecule has 0 unspecified atom stereocenters. The molecule has 0 bridgehead atoms. The highest BCUT2D eigenvalue weighted by molar-refractivity contribution is 7.09. The molecule has 1 aromatic heterocycles. The predicted octanol–water partition coefficient (Wildman–Crippen LogP) is 2.59. The van der Waals surface area contributed by atoms with Crippen LogP contribution in [0.3, 0.4) is 0 Å². The SMILES string of the molecule is c1ccc(-c2ccns2)c(OC[C@@H]2CO2)c1. The standard InChI is InChI=1S/C12H11NO2S/c1-2-4-11(15-8-9-7-14-9)10(3-1)12-5-6-13-16-12/h1-6,9H,7-8H2/t9-/m0/s1. The third-order valence-corrected chi connectivity index (χ3v) is 3.20. The van der Waals surface area contributed by atoms with Gasteiger partial charge in [-0.15, -0.1) is 0 Å². The lowest BCUT2D eigenvalue weighted by atomic mass is 10.2. The molecular weight excluding hydrogens is 222 g/mol. The minimum absolute atomic E-state index is 0.287. The van der Waals surface area contributed by atoms with E-state index in [1.54, 1.807) is 6.20 Å². The number of para-hydroxylation sites is 1. The van der Waals surface area contributed by atoms with E-state index in [4.69, 9.17) is 9.47 Å². The number of nitrogens with zero attached hydrogens (tertiary/aromatic N) is 1. The van der Waals surface area contributed by atoms with Crippen LogP contribution >= 0.6 is 11.5 Å². The number of ether oxygens (including phenoxy) is 2. The van der Waals surface area contributed by atoms with E-state index >= 15 is 0 Å². The maximum Gasteiger partial charge on any atom is 0.128 e. The van der Waals surface area contributed by atoms with Crippen molar-refractivity contribution in [3.63, 3.8) is 0 Å². The maximum absolute atomic E-state index is 5.74. The van der Waals surface area contributed by atoms with E-state index in [1.165, 1.54) is 11.5 Å². The molecule has 1 aromatic carbocycles. The molecule has 1 aliphatic rings. The summed E-state index contributed by atoms with van der Waals surface area (Å²) in [4.78, 5) is 1.13. The fraction of sp³-hybridized carbons (Fsp3) is 0.250. The van der Waals surface area contributed by atoms with Crippen molar-refractivity contribution >= 4 is 11.5 Å². The summed E-state index contributed by atoms with van der Waals surface area (Å²) in [6.07, 6.45) is 2.09. The molecule has 1 saturated heterocycles. The number of epoxide rings is 1. The second-order valence-electron chi connectivity index (χ2n) is 3.64. The van der Waals surface area contributed by atoms with Gasteiger partial charge in [-0.25, -0.2) is 4.37 Å². The first-order chi connectivity index (χ1) is 7.93. The molecule has 0 radical (unpaired) electrons. The molecule has 0 aliphatic carbocycles. The molecular formula is C12H11NO2S. The zero-order chi connectivity index (χ0) is 10.8. The van der Waals surface area contributed by atoms with E-state index in [0.717, 1.165) is 22.8 Å². The van der Waals surface area contributed by atoms with Gasteiger partial charge in [-0.05, 0) is 29.7 Å². The van der Waals surface area contributed by atoms with E-state index in [9.17, 15) is 0 Å². The fourth-order valence-electron chi connectivity index (χ4n) is 1.50. The van der Waals surface area contributed by atoms with Crippen molar-refractivity contribution in [2.24, 2.45) is 0 Å². The van der Waals surface area contributed by atoms with Gasteiger partial charge < -0.3 is 9.47 Å². The molecule has 3 rings (SSSR count). The lowest BCUT2D eigenvalue weighted by Gasteiger charge is -2.08. The summed E-state index contributed by atoms with van der Waals surface area (Å²) in [5, 5.41) is 0. The molecule has 1 atom stereocenters. The second-order valence-corrected chi connectivity index (χ2v) is 4.47. The summed E-state index contributed by atoms with van der Waals surface area (Å²) < 4.78 is 15.0. The quantitative estimate of drug-likeness (QED) is 0.761. The highest BCUT2D eigenvalue weighted by atomic mass is 32.1. The zero-order valence-corrected chi connectivity index (χ0v) is 9.44. The van der Waals surface area contributed by atoms with Crippen molar-refractivity contribution in [3.05, 3.63) is 36.5 Å². The fourth-order valence-corrected chi connectivity index (χ4v) is 2.12. The van der Waals surface area contributed by atoms with Crippen LogP contribution in [-0.4, -0.2) is 23.7 Å². The van der Waals surface area contributed by atoms with Crippen molar-refractivity contribution in [2.45, 2.75) is 6.10 Å². The summed E-state index contributed by atoms with van der Waals surface area (Å²) in [6, 6.07) is 10.0. The van der Waals surface area contributed by atoms with Gasteiger partial charge in [0, 0.05) is 11.8 Å². The highest BCUT2D eigenvalue weighted by Crippen LogP contribution is 2.32. The Morgan fingerprint density at radius 1 is 1.38 bits per heavy atom. The van der Waals surface area contributed by atoms with Gasteiger partial charge in [0.15, 0.2) is 0 Å². The third-order valence-electron chi connectivity index (χ3n) is 2.42. The van der Waals surface area contributed by atoms with E-state index in [2.05, 4.69) is 10.4 Å². The molecule has 3 nitrogen and oxygen atoms in total. The first kappa shape index (κ1) is 9.81. The van der Waals surface area contributed by atoms with Crippen LogP contribution in [0.2, 0.25) is 0 Å². The van der Waals surface area contributed by atoms with E-state index in [0.29, 0.717) is 6.61 Å². The average Bonchev–Trinajstić information content (AvgIpc) is 3.00. The van der Waals surface area contributed by atoms with Crippen molar-refractivity contribution in [2.75, 3.05) is 13.2 Å². The Bertz CT molecular complexity index is 466. The summed E-state index contributed by atoms with van der Waals surface area (Å²) >= 11 is 1.48. The number of rotatable bonds is 4. The van der Waals surface area contributed by atoms with Gasteiger partial charge >= 0.3 is 0 Å². The van der Waals surface area contributed by atoms with Crippen LogP contribution in [-0.2, 0) is 4.74 Å². The molecule has 0 amide bonds. The Hall–Kier alpha value is -1.39. The lowest BCUT2D eigenvalue weighted by molar-refractivity contribution is 0.264. The first-order valence-corrected chi connectivity index (χ1v) is 5.95. The summed E-state index contributed by atoms with van der Waals surface area (Å²) in [7, 11) is 0. The molecule has 16 heavy (non-hydrogen) atoms. The van der Waals surface area contributed by atoms with Gasteiger partial charge in [-0.1, -0.05) is 12.1 Å². The topological polar surface area (TPSA) is 34.6 Å². The zero-order valence-electron chi connectivity index (χ0n) is 8.63. The maximum atomic E-state index is 5.74. The van der Waals surface area contributed by atoms with Gasteiger partial charge in [0.25, 0.3) is 0 Å². The largest absolute Gasteiger partial charge is 0.490 e. The molecule has 2 heterocycles. The number of hydrogen-bond donors (Lipinski definition) is 0. The molecule has 1 fully saturated rings. The Labute approximate surface area is 97.8 Å². The third kappa shape index (κ3) is 2.08. The smallest absolute Gasteiger partial charge is 0.128 e. The molecule has 0 N–H and O–H groups in total. The number of hydrogen-bond acceptors (Lipinski definition) is 4. The van der Waals surface area contributed by atoms with E-state index < -0.39 is 0 Å². The van der Waals surface area contributed by atoms with Gasteiger partial charge in [-0.3, -0.25) is 0 Å². The number of benzene rings is 1. The molecule has 0 spiro atoms. The summed E-state index contributed by atoms with van der Waals surface area (Å²) in [6.45, 7) is 1.46. The van der Waals surface area contributed by atoms with Gasteiger partial charge in [0.2, 0.25) is 0 Å². The Balaban J connectivity index is 1.85. The van der Waals surface area contributed by atoms with Crippen LogP contribution in [0.15, 0.2) is 36.5 Å². The van der Waals surface area contributed by atoms with Gasteiger partial charge in [-0.2, -0.15) is 0 Å².